The molecule has 0 fully saturated rings. The van der Waals surface area contributed by atoms with Gasteiger partial charge in [-0.15, -0.1) is 0 Å². The zero-order chi connectivity index (χ0) is 25.7. The van der Waals surface area contributed by atoms with Gasteiger partial charge in [0.1, 0.15) is 17.3 Å². The van der Waals surface area contributed by atoms with Crippen molar-refractivity contribution in [3.8, 4) is 11.8 Å². The van der Waals surface area contributed by atoms with Crippen LogP contribution < -0.4 is 10.6 Å². The predicted molar refractivity (Wildman–Crippen MR) is 136 cm³/mol. The van der Waals surface area contributed by atoms with E-state index in [4.69, 9.17) is 0 Å². The maximum atomic E-state index is 14.5. The maximum Gasteiger partial charge on any atom is 0.234 e. The Bertz CT molecular complexity index is 1740. The second kappa shape index (κ2) is 8.43. The molecule has 3 heterocycles. The van der Waals surface area contributed by atoms with Crippen LogP contribution in [0.4, 0.5) is 21.6 Å². The molecule has 7 nitrogen and oxygen atoms in total. The van der Waals surface area contributed by atoms with E-state index < -0.39 is 21.1 Å². The fourth-order valence-electron chi connectivity index (χ4n) is 4.00. The van der Waals surface area contributed by atoms with Crippen molar-refractivity contribution in [2.45, 2.75) is 24.2 Å². The molecule has 0 bridgehead atoms. The van der Waals surface area contributed by atoms with E-state index in [1.807, 2.05) is 32.0 Å². The van der Waals surface area contributed by atoms with Gasteiger partial charge in [0.05, 0.1) is 16.0 Å². The van der Waals surface area contributed by atoms with E-state index >= 15 is 0 Å². The lowest BCUT2D eigenvalue weighted by Gasteiger charge is -2.14. The van der Waals surface area contributed by atoms with E-state index in [0.717, 1.165) is 34.5 Å². The first-order chi connectivity index (χ1) is 17.0. The highest BCUT2D eigenvalue weighted by molar-refractivity contribution is 7.90. The van der Waals surface area contributed by atoms with Crippen LogP contribution in [0.15, 0.2) is 65.8 Å². The van der Waals surface area contributed by atoms with E-state index in [9.17, 15) is 17.6 Å². The summed E-state index contributed by atoms with van der Waals surface area (Å²) in [4.78, 5) is 20.8. The third-order valence-corrected chi connectivity index (χ3v) is 7.22. The summed E-state index contributed by atoms with van der Waals surface area (Å²) in [5.74, 6) is 5.78. The molecule has 0 radical (unpaired) electrons. The summed E-state index contributed by atoms with van der Waals surface area (Å²) in [6.45, 7) is 3.76. The van der Waals surface area contributed by atoms with Gasteiger partial charge in [-0.3, -0.25) is 4.79 Å². The maximum absolute atomic E-state index is 14.5. The average molecular weight is 501 g/mol. The highest BCUT2D eigenvalue weighted by Crippen LogP contribution is 2.37. The Morgan fingerprint density at radius 1 is 1.03 bits per heavy atom. The smallest absolute Gasteiger partial charge is 0.234 e. The number of sulfone groups is 1. The molecular weight excluding hydrogens is 479 g/mol. The molecule has 9 heteroatoms. The van der Waals surface area contributed by atoms with Crippen molar-refractivity contribution in [1.29, 1.82) is 0 Å². The molecule has 36 heavy (non-hydrogen) atoms. The molecule has 2 aromatic heterocycles. The molecule has 5 rings (SSSR count). The van der Waals surface area contributed by atoms with Gasteiger partial charge in [0.2, 0.25) is 5.91 Å². The number of anilines is 3. The van der Waals surface area contributed by atoms with Gasteiger partial charge < -0.3 is 10.6 Å². The van der Waals surface area contributed by atoms with Crippen molar-refractivity contribution in [3.05, 3.63) is 83.6 Å². The van der Waals surface area contributed by atoms with Gasteiger partial charge >= 0.3 is 0 Å². The van der Waals surface area contributed by atoms with Crippen LogP contribution in [-0.2, 0) is 20.0 Å². The van der Waals surface area contributed by atoms with Crippen molar-refractivity contribution < 1.29 is 17.6 Å². The summed E-state index contributed by atoms with van der Waals surface area (Å²) in [5, 5.41) is 7.30. The van der Waals surface area contributed by atoms with Gasteiger partial charge in [-0.2, -0.15) is 0 Å². The highest BCUT2D eigenvalue weighted by atomic mass is 32.2. The van der Waals surface area contributed by atoms with Crippen LogP contribution >= 0.6 is 0 Å². The van der Waals surface area contributed by atoms with E-state index in [2.05, 4.69) is 32.4 Å². The molecule has 0 unspecified atom stereocenters. The number of pyridine rings is 2. The van der Waals surface area contributed by atoms with Crippen LogP contribution in [-0.4, -0.2) is 30.5 Å². The van der Waals surface area contributed by atoms with E-state index in [1.165, 1.54) is 12.1 Å². The van der Waals surface area contributed by atoms with Crippen LogP contribution in [0.25, 0.3) is 10.8 Å². The number of amides is 1. The molecule has 0 spiro atoms. The van der Waals surface area contributed by atoms with Gasteiger partial charge in [0, 0.05) is 40.7 Å². The van der Waals surface area contributed by atoms with Crippen LogP contribution in [0.3, 0.4) is 0 Å². The Morgan fingerprint density at radius 3 is 2.58 bits per heavy atom. The molecule has 1 aliphatic rings. The molecule has 4 aromatic rings. The SMILES string of the molecule is CC1(C)C(=O)Nc2cc(C#Cc3nccc4cnc(Nc5ccc(S(C)(=O)=O)cc5F)cc34)ccc21. The fourth-order valence-corrected chi connectivity index (χ4v) is 4.63. The third kappa shape index (κ3) is 4.27. The van der Waals surface area contributed by atoms with Gasteiger partial charge in [0.25, 0.3) is 0 Å². The summed E-state index contributed by atoms with van der Waals surface area (Å²) in [5.41, 5.74) is 2.43. The number of benzene rings is 2. The number of nitrogens with one attached hydrogen (secondary N) is 2. The Balaban J connectivity index is 1.47. The lowest BCUT2D eigenvalue weighted by Crippen LogP contribution is -2.26. The number of aromatic nitrogens is 2. The average Bonchev–Trinajstić information content (AvgIpc) is 3.05. The summed E-state index contributed by atoms with van der Waals surface area (Å²) < 4.78 is 37.8. The Kier molecular flexibility index (Phi) is 5.49. The van der Waals surface area contributed by atoms with E-state index in [-0.39, 0.29) is 16.5 Å². The normalized spacial score (nSPS) is 14.1. The molecular formula is C27H21FN4O3S. The molecule has 1 aliphatic heterocycles. The van der Waals surface area contributed by atoms with Gasteiger partial charge in [-0.25, -0.2) is 22.8 Å². The largest absolute Gasteiger partial charge is 0.338 e. The Hall–Kier alpha value is -4.29. The lowest BCUT2D eigenvalue weighted by molar-refractivity contribution is -0.119. The summed E-state index contributed by atoms with van der Waals surface area (Å²) in [6, 6.07) is 12.8. The molecule has 1 amide bonds. The van der Waals surface area contributed by atoms with Crippen molar-refractivity contribution in [3.63, 3.8) is 0 Å². The van der Waals surface area contributed by atoms with Crippen LogP contribution in [0, 0.1) is 17.7 Å². The number of hydrogen-bond donors (Lipinski definition) is 2. The Labute approximate surface area is 207 Å². The number of halogens is 1. The summed E-state index contributed by atoms with van der Waals surface area (Å²) in [6.07, 6.45) is 4.28. The van der Waals surface area contributed by atoms with Crippen molar-refractivity contribution in [2.24, 2.45) is 0 Å². The monoisotopic (exact) mass is 500 g/mol. The number of carbonyl (C=O) groups is 1. The highest BCUT2D eigenvalue weighted by Gasteiger charge is 2.38. The van der Waals surface area contributed by atoms with Crippen molar-refractivity contribution in [1.82, 2.24) is 9.97 Å². The van der Waals surface area contributed by atoms with Crippen LogP contribution in [0.5, 0.6) is 0 Å². The summed E-state index contributed by atoms with van der Waals surface area (Å²) >= 11 is 0. The zero-order valence-corrected chi connectivity index (χ0v) is 20.5. The number of carbonyl (C=O) groups excluding carboxylic acids is 1. The minimum atomic E-state index is -3.52. The molecule has 0 saturated carbocycles. The lowest BCUT2D eigenvalue weighted by atomic mass is 9.86. The second-order valence-electron chi connectivity index (χ2n) is 9.08. The standard InChI is InChI=1S/C27H21FN4O3S/c1-27(2)20-7-4-16(12-24(20)32-26(27)33)5-8-22-19-14-25(30-15-17(19)10-11-29-22)31-23-9-6-18(13-21(23)28)36(3,34)35/h4,6-7,9-15H,1-3H3,(H,30,31)(H,32,33). The van der Waals surface area contributed by atoms with Crippen LogP contribution in [0.1, 0.15) is 30.7 Å². The first-order valence-electron chi connectivity index (χ1n) is 11.0. The number of rotatable bonds is 3. The quantitative estimate of drug-likeness (QED) is 0.401. The predicted octanol–water partition coefficient (Wildman–Crippen LogP) is 4.55. The van der Waals surface area contributed by atoms with Crippen molar-refractivity contribution in [2.75, 3.05) is 16.9 Å². The number of fused-ring (bicyclic) bond motifs is 2. The number of hydrogen-bond acceptors (Lipinski definition) is 6. The summed E-state index contributed by atoms with van der Waals surface area (Å²) in [7, 11) is -3.52. The first kappa shape index (κ1) is 23.5. The van der Waals surface area contributed by atoms with Gasteiger partial charge in [0.15, 0.2) is 9.84 Å². The minimum Gasteiger partial charge on any atom is -0.338 e. The second-order valence-corrected chi connectivity index (χ2v) is 11.1. The molecule has 2 N–H and O–H groups in total. The minimum absolute atomic E-state index is 0.0479. The van der Waals surface area contributed by atoms with Crippen LogP contribution in [0.2, 0.25) is 0 Å². The first-order valence-corrected chi connectivity index (χ1v) is 12.9. The van der Waals surface area contributed by atoms with Crippen molar-refractivity contribution >= 4 is 43.7 Å². The third-order valence-electron chi connectivity index (χ3n) is 6.11. The molecule has 0 atom stereocenters. The zero-order valence-electron chi connectivity index (χ0n) is 19.7. The topological polar surface area (TPSA) is 101 Å². The Morgan fingerprint density at radius 2 is 1.83 bits per heavy atom. The molecule has 0 saturated heterocycles. The van der Waals surface area contributed by atoms with E-state index in [0.29, 0.717) is 16.9 Å². The van der Waals surface area contributed by atoms with Gasteiger partial charge in [-0.05, 0) is 67.8 Å². The molecule has 2 aromatic carbocycles. The van der Waals surface area contributed by atoms with E-state index in [1.54, 1.807) is 24.5 Å². The molecule has 180 valence electrons. The fraction of sp³-hybridized carbons (Fsp3) is 0.148. The van der Waals surface area contributed by atoms with Gasteiger partial charge in [-0.1, -0.05) is 12.0 Å². The number of nitrogens with zero attached hydrogens (tertiary/aromatic N) is 2. The molecule has 0 aliphatic carbocycles.